The van der Waals surface area contributed by atoms with E-state index < -0.39 is 19.7 Å². The SMILES string of the molecule is CCCNC(CS(=O)(=O)CCS(C)(=O)=O)C(C)C. The summed E-state index contributed by atoms with van der Waals surface area (Å²) in [5, 5.41) is 3.19. The smallest absolute Gasteiger partial charge is 0.152 e. The van der Waals surface area contributed by atoms with Gasteiger partial charge >= 0.3 is 0 Å². The molecule has 0 radical (unpaired) electrons. The highest BCUT2D eigenvalue weighted by molar-refractivity contribution is 7.94. The number of hydrogen-bond acceptors (Lipinski definition) is 5. The highest BCUT2D eigenvalue weighted by Gasteiger charge is 2.22. The van der Waals surface area contributed by atoms with Crippen LogP contribution in [0.5, 0.6) is 0 Å². The minimum atomic E-state index is -3.33. The van der Waals surface area contributed by atoms with Gasteiger partial charge in [0.15, 0.2) is 9.84 Å². The summed E-state index contributed by atoms with van der Waals surface area (Å²) >= 11 is 0. The first-order valence-corrected chi connectivity index (χ1v) is 10.1. The van der Waals surface area contributed by atoms with Crippen LogP contribution < -0.4 is 5.32 Å². The molecule has 110 valence electrons. The molecule has 5 nitrogen and oxygen atoms in total. The molecule has 1 unspecified atom stereocenters. The monoisotopic (exact) mass is 299 g/mol. The van der Waals surface area contributed by atoms with Gasteiger partial charge in [-0.3, -0.25) is 0 Å². The zero-order valence-corrected chi connectivity index (χ0v) is 13.3. The molecule has 0 aromatic rings. The molecule has 0 fully saturated rings. The Morgan fingerprint density at radius 3 is 2.00 bits per heavy atom. The molecule has 0 bridgehead atoms. The first kappa shape index (κ1) is 17.9. The fraction of sp³-hybridized carbons (Fsp3) is 1.00. The maximum absolute atomic E-state index is 11.9. The topological polar surface area (TPSA) is 80.3 Å². The summed E-state index contributed by atoms with van der Waals surface area (Å²) in [6.07, 6.45) is 1.99. The van der Waals surface area contributed by atoms with Gasteiger partial charge in [0.2, 0.25) is 0 Å². The van der Waals surface area contributed by atoms with Gasteiger partial charge in [0.05, 0.1) is 17.3 Å². The normalized spacial score (nSPS) is 14.9. The third-order valence-electron chi connectivity index (χ3n) is 2.66. The van der Waals surface area contributed by atoms with Crippen molar-refractivity contribution in [2.45, 2.75) is 33.2 Å². The van der Waals surface area contributed by atoms with Crippen LogP contribution in [0, 0.1) is 5.92 Å². The molecule has 0 aromatic carbocycles. The quantitative estimate of drug-likeness (QED) is 0.669. The second-order valence-corrected chi connectivity index (χ2v) is 9.54. The van der Waals surface area contributed by atoms with Gasteiger partial charge in [-0.2, -0.15) is 0 Å². The second-order valence-electron chi connectivity index (χ2n) is 5.05. The Hall–Kier alpha value is -0.140. The van der Waals surface area contributed by atoms with Crippen molar-refractivity contribution in [1.82, 2.24) is 5.32 Å². The summed E-state index contributed by atoms with van der Waals surface area (Å²) in [7, 11) is -6.56. The van der Waals surface area contributed by atoms with E-state index in [9.17, 15) is 16.8 Å². The molecule has 0 saturated carbocycles. The van der Waals surface area contributed by atoms with E-state index in [1.54, 1.807) is 0 Å². The number of nitrogens with one attached hydrogen (secondary N) is 1. The van der Waals surface area contributed by atoms with Crippen molar-refractivity contribution < 1.29 is 16.8 Å². The van der Waals surface area contributed by atoms with Gasteiger partial charge in [0.1, 0.15) is 9.84 Å². The van der Waals surface area contributed by atoms with E-state index in [2.05, 4.69) is 5.32 Å². The highest BCUT2D eigenvalue weighted by atomic mass is 32.2. The fourth-order valence-electron chi connectivity index (χ4n) is 1.45. The predicted octanol–water partition coefficient (Wildman–Crippen LogP) is 0.470. The molecule has 0 heterocycles. The Bertz CT molecular complexity index is 426. The molecular weight excluding hydrogens is 274 g/mol. The molecule has 18 heavy (non-hydrogen) atoms. The van der Waals surface area contributed by atoms with Crippen LogP contribution in [0.1, 0.15) is 27.2 Å². The Labute approximate surface area is 111 Å². The summed E-state index contributed by atoms with van der Waals surface area (Å²) in [5.41, 5.74) is 0. The summed E-state index contributed by atoms with van der Waals surface area (Å²) in [6.45, 7) is 6.70. The van der Waals surface area contributed by atoms with Gasteiger partial charge < -0.3 is 5.32 Å². The fourth-order valence-corrected chi connectivity index (χ4v) is 4.90. The maximum Gasteiger partial charge on any atom is 0.152 e. The van der Waals surface area contributed by atoms with Gasteiger partial charge in [-0.05, 0) is 18.9 Å². The van der Waals surface area contributed by atoms with E-state index in [0.717, 1.165) is 19.2 Å². The van der Waals surface area contributed by atoms with Gasteiger partial charge in [0.25, 0.3) is 0 Å². The molecule has 0 aliphatic heterocycles. The largest absolute Gasteiger partial charge is 0.313 e. The summed E-state index contributed by atoms with van der Waals surface area (Å²) in [4.78, 5) is 0. The highest BCUT2D eigenvalue weighted by Crippen LogP contribution is 2.06. The molecule has 7 heteroatoms. The molecule has 0 aromatic heterocycles. The Morgan fingerprint density at radius 1 is 1.06 bits per heavy atom. The molecule has 1 atom stereocenters. The van der Waals surface area contributed by atoms with Gasteiger partial charge in [-0.25, -0.2) is 16.8 Å². The lowest BCUT2D eigenvalue weighted by Gasteiger charge is -2.22. The lowest BCUT2D eigenvalue weighted by molar-refractivity contribution is 0.426. The number of hydrogen-bond donors (Lipinski definition) is 1. The number of sulfone groups is 2. The maximum atomic E-state index is 11.9. The van der Waals surface area contributed by atoms with E-state index in [-0.39, 0.29) is 29.2 Å². The molecule has 0 saturated heterocycles. The summed E-state index contributed by atoms with van der Waals surface area (Å²) in [5.74, 6) is -0.388. The minimum absolute atomic E-state index is 0.000185. The zero-order valence-electron chi connectivity index (χ0n) is 11.6. The van der Waals surface area contributed by atoms with Crippen LogP contribution in [0.25, 0.3) is 0 Å². The third-order valence-corrected chi connectivity index (χ3v) is 5.56. The Kier molecular flexibility index (Phi) is 7.39. The Balaban J connectivity index is 4.51. The van der Waals surface area contributed by atoms with Gasteiger partial charge in [-0.15, -0.1) is 0 Å². The first-order valence-electron chi connectivity index (χ1n) is 6.19. The molecule has 0 aliphatic carbocycles. The zero-order chi connectivity index (χ0) is 14.4. The van der Waals surface area contributed by atoms with Crippen LogP contribution >= 0.6 is 0 Å². The van der Waals surface area contributed by atoms with Crippen LogP contribution in [-0.4, -0.2) is 52.9 Å². The molecule has 0 amide bonds. The van der Waals surface area contributed by atoms with Crippen LogP contribution in [0.2, 0.25) is 0 Å². The lowest BCUT2D eigenvalue weighted by atomic mass is 10.1. The lowest BCUT2D eigenvalue weighted by Crippen LogP contribution is -2.41. The van der Waals surface area contributed by atoms with Crippen LogP contribution in [0.4, 0.5) is 0 Å². The van der Waals surface area contributed by atoms with E-state index in [1.807, 2.05) is 20.8 Å². The third kappa shape index (κ3) is 8.88. The minimum Gasteiger partial charge on any atom is -0.313 e. The van der Waals surface area contributed by atoms with Crippen molar-refractivity contribution >= 4 is 19.7 Å². The first-order chi connectivity index (χ1) is 8.07. The number of rotatable bonds is 9. The molecule has 0 spiro atoms. The van der Waals surface area contributed by atoms with Gasteiger partial charge in [0, 0.05) is 12.3 Å². The molecule has 0 rings (SSSR count). The van der Waals surface area contributed by atoms with Crippen molar-refractivity contribution in [1.29, 1.82) is 0 Å². The molecule has 1 N–H and O–H groups in total. The summed E-state index contributed by atoms with van der Waals surface area (Å²) < 4.78 is 45.7. The van der Waals surface area contributed by atoms with Gasteiger partial charge in [-0.1, -0.05) is 20.8 Å². The van der Waals surface area contributed by atoms with Crippen LogP contribution in [-0.2, 0) is 19.7 Å². The van der Waals surface area contributed by atoms with Crippen molar-refractivity contribution in [3.8, 4) is 0 Å². The molecule has 0 aliphatic rings. The molecular formula is C11H25NO4S2. The average Bonchev–Trinajstić information content (AvgIpc) is 2.20. The standard InChI is InChI=1S/C11H25NO4S2/c1-5-6-12-11(10(2)3)9-18(15,16)8-7-17(4,13)14/h10-12H,5-9H2,1-4H3. The van der Waals surface area contributed by atoms with Crippen molar-refractivity contribution in [2.24, 2.45) is 5.92 Å². The van der Waals surface area contributed by atoms with Crippen LogP contribution in [0.3, 0.4) is 0 Å². The summed E-state index contributed by atoms with van der Waals surface area (Å²) in [6, 6.07) is -0.116. The Morgan fingerprint density at radius 2 is 1.61 bits per heavy atom. The predicted molar refractivity (Wildman–Crippen MR) is 75.3 cm³/mol. The van der Waals surface area contributed by atoms with E-state index in [4.69, 9.17) is 0 Å². The average molecular weight is 299 g/mol. The van der Waals surface area contributed by atoms with Crippen LogP contribution in [0.15, 0.2) is 0 Å². The van der Waals surface area contributed by atoms with Crippen molar-refractivity contribution in [2.75, 3.05) is 30.1 Å². The van der Waals surface area contributed by atoms with E-state index in [1.165, 1.54) is 0 Å². The van der Waals surface area contributed by atoms with Crippen molar-refractivity contribution in [3.63, 3.8) is 0 Å². The van der Waals surface area contributed by atoms with E-state index in [0.29, 0.717) is 0 Å². The second kappa shape index (κ2) is 7.45. The van der Waals surface area contributed by atoms with E-state index >= 15 is 0 Å². The van der Waals surface area contributed by atoms with Crippen molar-refractivity contribution in [3.05, 3.63) is 0 Å².